The number of phenolic OH excluding ortho intramolecular Hbond substituents is 1. The van der Waals surface area contributed by atoms with E-state index in [4.69, 9.17) is 5.73 Å². The zero-order valence-electron chi connectivity index (χ0n) is 25.9. The van der Waals surface area contributed by atoms with Crippen molar-refractivity contribution >= 4 is 34.6 Å². The van der Waals surface area contributed by atoms with Crippen molar-refractivity contribution in [2.24, 2.45) is 5.73 Å². The predicted octanol–water partition coefficient (Wildman–Crippen LogP) is 1.73. The van der Waals surface area contributed by atoms with Crippen molar-refractivity contribution in [3.63, 3.8) is 0 Å². The van der Waals surface area contributed by atoms with E-state index >= 15 is 0 Å². The normalized spacial score (nSPS) is 13.6. The zero-order chi connectivity index (χ0) is 34.0. The number of amides is 3. The summed E-state index contributed by atoms with van der Waals surface area (Å²) in [5.41, 5.74) is 9.71. The summed E-state index contributed by atoms with van der Waals surface area (Å²) in [6.45, 7) is 0. The van der Waals surface area contributed by atoms with Crippen LogP contribution in [0.25, 0.3) is 10.9 Å². The van der Waals surface area contributed by atoms with Crippen LogP contribution >= 0.6 is 0 Å². The van der Waals surface area contributed by atoms with E-state index in [0.717, 1.165) is 22.0 Å². The van der Waals surface area contributed by atoms with Crippen LogP contribution in [0.15, 0.2) is 97.6 Å². The van der Waals surface area contributed by atoms with Gasteiger partial charge in [-0.25, -0.2) is 9.78 Å². The van der Waals surface area contributed by atoms with Crippen molar-refractivity contribution in [1.29, 1.82) is 0 Å². The first kappa shape index (κ1) is 33.4. The molecule has 0 radical (unpaired) electrons. The molecule has 4 unspecified atom stereocenters. The Kier molecular flexibility index (Phi) is 10.8. The third-order valence-electron chi connectivity index (χ3n) is 7.97. The summed E-state index contributed by atoms with van der Waals surface area (Å²) in [5.74, 6) is -3.19. The van der Waals surface area contributed by atoms with E-state index in [1.807, 2.05) is 54.6 Å². The van der Waals surface area contributed by atoms with Gasteiger partial charge in [-0.15, -0.1) is 0 Å². The predicted molar refractivity (Wildman–Crippen MR) is 178 cm³/mol. The highest BCUT2D eigenvalue weighted by Gasteiger charge is 2.31. The van der Waals surface area contributed by atoms with Crippen molar-refractivity contribution < 1.29 is 29.4 Å². The molecule has 0 saturated heterocycles. The number of carboxylic acid groups (broad SMARTS) is 1. The van der Waals surface area contributed by atoms with Crippen LogP contribution in [-0.4, -0.2) is 73.0 Å². The number of H-pyrrole nitrogens is 2. The van der Waals surface area contributed by atoms with Crippen LogP contribution in [0.1, 0.15) is 22.4 Å². The highest BCUT2D eigenvalue weighted by molar-refractivity contribution is 5.95. The molecule has 248 valence electrons. The number of benzene rings is 3. The average Bonchev–Trinajstić information content (AvgIpc) is 3.75. The molecule has 48 heavy (non-hydrogen) atoms. The summed E-state index contributed by atoms with van der Waals surface area (Å²) in [6.07, 6.45) is 5.00. The van der Waals surface area contributed by atoms with Crippen molar-refractivity contribution in [3.8, 4) is 5.75 Å². The molecule has 0 fully saturated rings. The Balaban J connectivity index is 1.39. The SMILES string of the molecule is NC(Cc1cnc[nH]1)C(=O)NC(Cc1ccccc1)C(=O)NC(Cc1c[nH]c2ccccc12)C(=O)NC(Cc1ccc(O)cc1)C(=O)O. The Labute approximate surface area is 276 Å². The number of phenols is 1. The Hall–Kier alpha value is -5.95. The minimum atomic E-state index is -1.33. The van der Waals surface area contributed by atoms with Gasteiger partial charge in [0.2, 0.25) is 17.7 Å². The Morgan fingerprint density at radius 1 is 0.708 bits per heavy atom. The highest BCUT2D eigenvalue weighted by Crippen LogP contribution is 2.20. The lowest BCUT2D eigenvalue weighted by molar-refractivity contribution is -0.142. The van der Waals surface area contributed by atoms with E-state index in [0.29, 0.717) is 11.3 Å². The van der Waals surface area contributed by atoms with Crippen molar-refractivity contribution in [2.45, 2.75) is 49.9 Å². The largest absolute Gasteiger partial charge is 0.508 e. The summed E-state index contributed by atoms with van der Waals surface area (Å²) in [7, 11) is 0. The quantitative estimate of drug-likeness (QED) is 0.0832. The second-order valence-electron chi connectivity index (χ2n) is 11.5. The molecule has 4 atom stereocenters. The van der Waals surface area contributed by atoms with Crippen LogP contribution in [0.4, 0.5) is 0 Å². The molecule has 2 aromatic heterocycles. The molecule has 3 aromatic carbocycles. The molecular formula is C35H37N7O6. The molecule has 0 spiro atoms. The summed E-state index contributed by atoms with van der Waals surface area (Å²) >= 11 is 0. The molecule has 13 heteroatoms. The monoisotopic (exact) mass is 651 g/mol. The van der Waals surface area contributed by atoms with Gasteiger partial charge in [0.15, 0.2) is 0 Å². The number of aliphatic carboxylic acids is 1. The topological polar surface area (TPSA) is 215 Å². The number of nitrogens with one attached hydrogen (secondary N) is 5. The van der Waals surface area contributed by atoms with Crippen LogP contribution in [0.3, 0.4) is 0 Å². The zero-order valence-corrected chi connectivity index (χ0v) is 25.9. The van der Waals surface area contributed by atoms with Crippen molar-refractivity contribution in [3.05, 3.63) is 120 Å². The van der Waals surface area contributed by atoms with E-state index in [1.54, 1.807) is 24.5 Å². The fourth-order valence-electron chi connectivity index (χ4n) is 5.41. The van der Waals surface area contributed by atoms with E-state index in [9.17, 15) is 29.4 Å². The van der Waals surface area contributed by atoms with Crippen molar-refractivity contribution in [1.82, 2.24) is 30.9 Å². The maximum Gasteiger partial charge on any atom is 0.326 e. The number of nitrogens with two attached hydrogens (primary N) is 1. The third-order valence-corrected chi connectivity index (χ3v) is 7.97. The Morgan fingerprint density at radius 2 is 1.31 bits per heavy atom. The molecule has 9 N–H and O–H groups in total. The average molecular weight is 652 g/mol. The number of imidazole rings is 1. The van der Waals surface area contributed by atoms with Gasteiger partial charge in [0, 0.05) is 54.7 Å². The van der Waals surface area contributed by atoms with E-state index in [1.165, 1.54) is 18.5 Å². The van der Waals surface area contributed by atoms with Crippen LogP contribution in [0, 0.1) is 0 Å². The molecule has 0 aliphatic rings. The summed E-state index contributed by atoms with van der Waals surface area (Å²) in [6, 6.07) is 17.9. The molecule has 0 saturated carbocycles. The van der Waals surface area contributed by atoms with Gasteiger partial charge in [-0.05, 0) is 34.9 Å². The van der Waals surface area contributed by atoms with Crippen molar-refractivity contribution in [2.75, 3.05) is 0 Å². The van der Waals surface area contributed by atoms with Gasteiger partial charge in [-0.2, -0.15) is 0 Å². The number of aromatic nitrogens is 3. The standard InChI is InChI=1S/C35H37N7O6/c36-27(17-24-19-37-20-39-24)32(44)40-29(14-21-6-2-1-3-7-21)33(45)41-30(16-23-18-38-28-9-5-4-8-26(23)28)34(46)42-31(35(47)48)15-22-10-12-25(43)13-11-22/h1-13,18-20,27,29-31,38,43H,14-17,36H2,(H,37,39)(H,40,44)(H,41,45)(H,42,46)(H,47,48). The number of para-hydroxylation sites is 1. The lowest BCUT2D eigenvalue weighted by Crippen LogP contribution is -2.58. The molecule has 0 aliphatic carbocycles. The molecule has 3 amide bonds. The maximum atomic E-state index is 14.0. The second-order valence-corrected chi connectivity index (χ2v) is 11.5. The number of fused-ring (bicyclic) bond motifs is 1. The Bertz CT molecular complexity index is 1840. The van der Waals surface area contributed by atoms with E-state index in [2.05, 4.69) is 30.9 Å². The number of hydrogen-bond donors (Lipinski definition) is 8. The van der Waals surface area contributed by atoms with Crippen LogP contribution < -0.4 is 21.7 Å². The first-order valence-electron chi connectivity index (χ1n) is 15.4. The molecule has 0 bridgehead atoms. The van der Waals surface area contributed by atoms with Gasteiger partial charge in [-0.3, -0.25) is 14.4 Å². The number of carbonyl (C=O) groups excluding carboxylic acids is 3. The maximum absolute atomic E-state index is 14.0. The number of carbonyl (C=O) groups is 4. The fourth-order valence-corrected chi connectivity index (χ4v) is 5.41. The number of carboxylic acids is 1. The van der Waals surface area contributed by atoms with E-state index < -0.39 is 47.9 Å². The first-order valence-corrected chi connectivity index (χ1v) is 15.4. The van der Waals surface area contributed by atoms with Gasteiger partial charge in [0.05, 0.1) is 12.4 Å². The van der Waals surface area contributed by atoms with Gasteiger partial charge in [0.25, 0.3) is 0 Å². The number of rotatable bonds is 15. The molecule has 13 nitrogen and oxygen atoms in total. The minimum Gasteiger partial charge on any atom is -0.508 e. The molecule has 5 aromatic rings. The van der Waals surface area contributed by atoms with Gasteiger partial charge in [-0.1, -0.05) is 60.7 Å². The number of aromatic hydroxyl groups is 1. The second kappa shape index (κ2) is 15.6. The molecule has 0 aliphatic heterocycles. The number of aromatic amines is 2. The summed E-state index contributed by atoms with van der Waals surface area (Å²) in [4.78, 5) is 63.2. The van der Waals surface area contributed by atoms with Crippen LogP contribution in [-0.2, 0) is 44.9 Å². The van der Waals surface area contributed by atoms with Gasteiger partial charge >= 0.3 is 5.97 Å². The lowest BCUT2D eigenvalue weighted by atomic mass is 10.0. The first-order chi connectivity index (χ1) is 23.2. The lowest BCUT2D eigenvalue weighted by Gasteiger charge is -2.25. The van der Waals surface area contributed by atoms with Gasteiger partial charge < -0.3 is 41.9 Å². The highest BCUT2D eigenvalue weighted by atomic mass is 16.4. The van der Waals surface area contributed by atoms with Gasteiger partial charge in [0.1, 0.15) is 23.9 Å². The summed E-state index contributed by atoms with van der Waals surface area (Å²) in [5, 5.41) is 28.5. The van der Waals surface area contributed by atoms with E-state index in [-0.39, 0.29) is 31.4 Å². The minimum absolute atomic E-state index is 0.0237. The molecule has 5 rings (SSSR count). The van der Waals surface area contributed by atoms with Crippen LogP contribution in [0.2, 0.25) is 0 Å². The number of nitrogens with zero attached hydrogens (tertiary/aromatic N) is 1. The molecular weight excluding hydrogens is 614 g/mol. The smallest absolute Gasteiger partial charge is 0.326 e. The number of hydrogen-bond acceptors (Lipinski definition) is 7. The third kappa shape index (κ3) is 8.85. The Morgan fingerprint density at radius 3 is 2.00 bits per heavy atom. The summed E-state index contributed by atoms with van der Waals surface area (Å²) < 4.78 is 0. The van der Waals surface area contributed by atoms with Crippen LogP contribution in [0.5, 0.6) is 5.75 Å². The molecule has 2 heterocycles. The fraction of sp³-hybridized carbons (Fsp3) is 0.229.